The van der Waals surface area contributed by atoms with E-state index in [9.17, 15) is 4.79 Å². The molecule has 1 saturated heterocycles. The first-order valence-corrected chi connectivity index (χ1v) is 10.0. The van der Waals surface area contributed by atoms with Gasteiger partial charge in [-0.1, -0.05) is 37.3 Å². The van der Waals surface area contributed by atoms with Gasteiger partial charge in [0.1, 0.15) is 0 Å². The van der Waals surface area contributed by atoms with Crippen molar-refractivity contribution < 1.29 is 4.79 Å². The second-order valence-corrected chi connectivity index (χ2v) is 7.60. The molecule has 28 heavy (non-hydrogen) atoms. The second kappa shape index (κ2) is 13.8. The molecule has 2 N–H and O–H groups in total. The fourth-order valence-electron chi connectivity index (χ4n) is 3.04. The predicted molar refractivity (Wildman–Crippen MR) is 127 cm³/mol. The Morgan fingerprint density at radius 2 is 1.86 bits per heavy atom. The quantitative estimate of drug-likeness (QED) is 0.249. The number of nitrogens with zero attached hydrogens (tertiary/aromatic N) is 3. The van der Waals surface area contributed by atoms with Crippen molar-refractivity contribution in [2.24, 2.45) is 10.9 Å². The summed E-state index contributed by atoms with van der Waals surface area (Å²) in [6, 6.07) is 10.1. The third kappa shape index (κ3) is 9.73. The topological polar surface area (TPSA) is 60.0 Å². The van der Waals surface area contributed by atoms with Gasteiger partial charge in [-0.25, -0.2) is 4.99 Å². The van der Waals surface area contributed by atoms with Gasteiger partial charge in [-0.2, -0.15) is 0 Å². The number of halogens is 1. The highest BCUT2D eigenvalue weighted by atomic mass is 127. The van der Waals surface area contributed by atoms with E-state index in [2.05, 4.69) is 39.6 Å². The second-order valence-electron chi connectivity index (χ2n) is 7.60. The van der Waals surface area contributed by atoms with Crippen molar-refractivity contribution in [3.8, 4) is 0 Å². The van der Waals surface area contributed by atoms with Crippen LogP contribution in [-0.2, 0) is 11.3 Å². The third-order valence-corrected chi connectivity index (χ3v) is 4.99. The average Bonchev–Trinajstić information content (AvgIpc) is 2.68. The number of likely N-dealkylation sites (tertiary alicyclic amines) is 1. The van der Waals surface area contributed by atoms with Crippen LogP contribution in [0.3, 0.4) is 0 Å². The van der Waals surface area contributed by atoms with E-state index < -0.39 is 0 Å². The van der Waals surface area contributed by atoms with Gasteiger partial charge in [-0.3, -0.25) is 4.79 Å². The van der Waals surface area contributed by atoms with Gasteiger partial charge in [0.2, 0.25) is 5.91 Å². The Kier molecular flexibility index (Phi) is 12.1. The van der Waals surface area contributed by atoms with Gasteiger partial charge < -0.3 is 20.4 Å². The van der Waals surface area contributed by atoms with Crippen molar-refractivity contribution in [3.63, 3.8) is 0 Å². The maximum atomic E-state index is 11.9. The maximum Gasteiger partial charge on any atom is 0.241 e. The zero-order valence-electron chi connectivity index (χ0n) is 17.5. The van der Waals surface area contributed by atoms with E-state index in [1.54, 1.807) is 19.0 Å². The van der Waals surface area contributed by atoms with Crippen LogP contribution in [-0.4, -0.2) is 68.5 Å². The number of guanidine groups is 1. The summed E-state index contributed by atoms with van der Waals surface area (Å²) < 4.78 is 0. The molecule has 1 aromatic rings. The normalized spacial score (nSPS) is 15.6. The molecule has 0 atom stereocenters. The molecule has 0 spiro atoms. The fourth-order valence-corrected chi connectivity index (χ4v) is 3.04. The summed E-state index contributed by atoms with van der Waals surface area (Å²) in [6.45, 7) is 7.58. The average molecular weight is 501 g/mol. The summed E-state index contributed by atoms with van der Waals surface area (Å²) in [5.41, 5.74) is 1.15. The van der Waals surface area contributed by atoms with Crippen LogP contribution in [0.2, 0.25) is 0 Å². The zero-order valence-corrected chi connectivity index (χ0v) is 19.8. The molecule has 1 amide bonds. The number of amides is 1. The Bertz CT molecular complexity index is 586. The number of rotatable bonds is 8. The van der Waals surface area contributed by atoms with Crippen LogP contribution in [0.5, 0.6) is 0 Å². The molecule has 0 bridgehead atoms. The van der Waals surface area contributed by atoms with Gasteiger partial charge in [-0.15, -0.1) is 24.0 Å². The van der Waals surface area contributed by atoms with E-state index in [-0.39, 0.29) is 36.4 Å². The van der Waals surface area contributed by atoms with Crippen LogP contribution in [0, 0.1) is 5.92 Å². The van der Waals surface area contributed by atoms with E-state index in [0.717, 1.165) is 31.0 Å². The Labute approximate surface area is 187 Å². The van der Waals surface area contributed by atoms with Crippen LogP contribution < -0.4 is 10.6 Å². The van der Waals surface area contributed by atoms with Gasteiger partial charge >= 0.3 is 0 Å². The minimum Gasteiger partial charge on any atom is -0.356 e. The lowest BCUT2D eigenvalue weighted by Crippen LogP contribution is -2.43. The molecule has 1 aliphatic rings. The Hall–Kier alpha value is -1.35. The number of piperidine rings is 1. The molecule has 158 valence electrons. The molecule has 0 saturated carbocycles. The first-order valence-electron chi connectivity index (χ1n) is 10.0. The van der Waals surface area contributed by atoms with Crippen molar-refractivity contribution >= 4 is 35.8 Å². The molecule has 0 radical (unpaired) electrons. The molecule has 6 nitrogen and oxygen atoms in total. The van der Waals surface area contributed by atoms with Crippen LogP contribution in [0.1, 0.15) is 31.7 Å². The minimum absolute atomic E-state index is 0. The first-order chi connectivity index (χ1) is 13.0. The van der Waals surface area contributed by atoms with Crippen molar-refractivity contribution in [1.82, 2.24) is 20.4 Å². The fraction of sp³-hybridized carbons (Fsp3) is 0.619. The number of likely N-dealkylation sites (N-methyl/N-ethyl adjacent to an activating group) is 1. The summed E-state index contributed by atoms with van der Waals surface area (Å²) in [4.78, 5) is 20.6. The highest BCUT2D eigenvalue weighted by Crippen LogP contribution is 2.15. The van der Waals surface area contributed by atoms with Gasteiger partial charge in [0.05, 0.1) is 13.1 Å². The molecule has 1 fully saturated rings. The molecule has 2 rings (SSSR count). The Morgan fingerprint density at radius 3 is 2.50 bits per heavy atom. The lowest BCUT2D eigenvalue weighted by molar-refractivity contribution is -0.127. The molecule has 1 aliphatic heterocycles. The molecule has 1 aromatic carbocycles. The largest absolute Gasteiger partial charge is 0.356 e. The molecule has 7 heteroatoms. The summed E-state index contributed by atoms with van der Waals surface area (Å²) in [7, 11) is 3.52. The van der Waals surface area contributed by atoms with Crippen LogP contribution in [0.25, 0.3) is 0 Å². The highest BCUT2D eigenvalue weighted by molar-refractivity contribution is 14.0. The number of carbonyl (C=O) groups excluding carboxylic acids is 1. The van der Waals surface area contributed by atoms with Crippen LogP contribution in [0.4, 0.5) is 0 Å². The molecular weight excluding hydrogens is 465 g/mol. The lowest BCUT2D eigenvalue weighted by Gasteiger charge is -2.30. The number of benzene rings is 1. The van der Waals surface area contributed by atoms with E-state index in [1.807, 2.05) is 18.2 Å². The number of aliphatic imine (C=N–C) groups is 1. The third-order valence-electron chi connectivity index (χ3n) is 4.99. The van der Waals surface area contributed by atoms with E-state index in [0.29, 0.717) is 12.5 Å². The van der Waals surface area contributed by atoms with Crippen molar-refractivity contribution in [2.75, 3.05) is 46.8 Å². The van der Waals surface area contributed by atoms with Gasteiger partial charge in [0.25, 0.3) is 0 Å². The van der Waals surface area contributed by atoms with Crippen LogP contribution >= 0.6 is 24.0 Å². The van der Waals surface area contributed by atoms with E-state index >= 15 is 0 Å². The first kappa shape index (κ1) is 24.7. The molecule has 0 aromatic heterocycles. The van der Waals surface area contributed by atoms with Crippen molar-refractivity contribution in [1.29, 1.82) is 0 Å². The molecular formula is C21H36IN5O. The number of hydrogen-bond donors (Lipinski definition) is 2. The molecule has 0 aliphatic carbocycles. The SMILES string of the molecule is CC1CCN(CCCNC(=NCc2ccccc2)NCC(=O)N(C)C)CC1.I. The maximum absolute atomic E-state index is 11.9. The van der Waals surface area contributed by atoms with Crippen LogP contribution in [0.15, 0.2) is 35.3 Å². The number of hydrogen-bond acceptors (Lipinski definition) is 3. The molecule has 1 heterocycles. The Morgan fingerprint density at radius 1 is 1.18 bits per heavy atom. The summed E-state index contributed by atoms with van der Waals surface area (Å²) >= 11 is 0. The van der Waals surface area contributed by atoms with Crippen molar-refractivity contribution in [2.45, 2.75) is 32.7 Å². The summed E-state index contributed by atoms with van der Waals surface area (Å²) in [5.74, 6) is 1.60. The standard InChI is InChI=1S/C21H35N5O.HI/c1-18-10-14-26(15-11-18)13-7-12-22-21(24-17-20(27)25(2)3)23-16-19-8-5-4-6-9-19;/h4-6,8-9,18H,7,10-17H2,1-3H3,(H2,22,23,24);1H. The smallest absolute Gasteiger partial charge is 0.241 e. The van der Waals surface area contributed by atoms with Gasteiger partial charge in [0, 0.05) is 20.6 Å². The number of carbonyl (C=O) groups is 1. The van der Waals surface area contributed by atoms with E-state index in [4.69, 9.17) is 0 Å². The predicted octanol–water partition coefficient (Wildman–Crippen LogP) is 2.55. The Balaban J connectivity index is 0.00000392. The summed E-state index contributed by atoms with van der Waals surface area (Å²) in [5, 5.41) is 6.52. The minimum atomic E-state index is 0. The van der Waals surface area contributed by atoms with Gasteiger partial charge in [0.15, 0.2) is 5.96 Å². The highest BCUT2D eigenvalue weighted by Gasteiger charge is 2.14. The van der Waals surface area contributed by atoms with E-state index in [1.165, 1.54) is 25.9 Å². The zero-order chi connectivity index (χ0) is 19.5. The number of nitrogens with one attached hydrogen (secondary N) is 2. The lowest BCUT2D eigenvalue weighted by atomic mass is 9.99. The molecule has 0 unspecified atom stereocenters. The summed E-state index contributed by atoms with van der Waals surface area (Å²) in [6.07, 6.45) is 3.69. The van der Waals surface area contributed by atoms with Gasteiger partial charge in [-0.05, 0) is 50.4 Å². The monoisotopic (exact) mass is 501 g/mol. The van der Waals surface area contributed by atoms with Crippen molar-refractivity contribution in [3.05, 3.63) is 35.9 Å².